The molecule has 0 radical (unpaired) electrons. The molecular weight excluding hydrogens is 304 g/mol. The molecule has 0 amide bonds. The van der Waals surface area contributed by atoms with Gasteiger partial charge in [0.05, 0.1) is 24.7 Å². The average molecular weight is 324 g/mol. The smallest absolute Gasteiger partial charge is 0.120 e. The molecule has 2 N–H and O–H groups in total. The van der Waals surface area contributed by atoms with E-state index in [1.165, 1.54) is 0 Å². The van der Waals surface area contributed by atoms with Crippen LogP contribution in [0.25, 0.3) is 5.69 Å². The van der Waals surface area contributed by atoms with E-state index in [2.05, 4.69) is 15.6 Å². The van der Waals surface area contributed by atoms with Crippen LogP contribution >= 0.6 is 0 Å². The van der Waals surface area contributed by atoms with Gasteiger partial charge in [-0.1, -0.05) is 11.3 Å². The van der Waals surface area contributed by atoms with Gasteiger partial charge >= 0.3 is 0 Å². The minimum absolute atomic E-state index is 0.164. The third-order valence-corrected chi connectivity index (χ3v) is 3.62. The van der Waals surface area contributed by atoms with Crippen LogP contribution in [-0.4, -0.2) is 33.8 Å². The van der Waals surface area contributed by atoms with Crippen LogP contribution in [0.2, 0.25) is 0 Å². The molecule has 0 aliphatic heterocycles. The van der Waals surface area contributed by atoms with Crippen molar-refractivity contribution in [3.63, 3.8) is 0 Å². The van der Waals surface area contributed by atoms with Crippen LogP contribution in [0.1, 0.15) is 12.1 Å². The molecule has 0 fully saturated rings. The number of aryl methyl sites for hydroxylation is 1. The first-order valence-corrected chi connectivity index (χ1v) is 7.82. The van der Waals surface area contributed by atoms with Crippen molar-refractivity contribution in [2.75, 3.05) is 19.0 Å². The minimum Gasteiger partial charge on any atom is -0.497 e. The van der Waals surface area contributed by atoms with Crippen molar-refractivity contribution in [2.45, 2.75) is 12.8 Å². The Labute approximate surface area is 140 Å². The molecule has 0 aliphatic carbocycles. The Morgan fingerprint density at radius 1 is 1.12 bits per heavy atom. The second-order valence-electron chi connectivity index (χ2n) is 5.39. The summed E-state index contributed by atoms with van der Waals surface area (Å²) < 4.78 is 6.96. The Kier molecular flexibility index (Phi) is 5.08. The van der Waals surface area contributed by atoms with E-state index in [1.807, 2.05) is 54.7 Å². The Balaban J connectivity index is 1.69. The zero-order valence-electron chi connectivity index (χ0n) is 13.5. The molecule has 3 rings (SSSR count). The third-order valence-electron chi connectivity index (χ3n) is 3.62. The lowest BCUT2D eigenvalue weighted by atomic mass is 10.2. The standard InChI is InChI=1S/C18H20N4O2/c1-24-18-6-2-4-15(12-18)19-14-7-9-17(10-8-14)22-13-16(20-21-22)5-3-11-23/h2,4,6-10,12-13,19,23H,3,5,11H2,1H3. The van der Waals surface area contributed by atoms with Crippen LogP contribution in [0.15, 0.2) is 54.7 Å². The predicted molar refractivity (Wildman–Crippen MR) is 93.0 cm³/mol. The molecule has 0 saturated heterocycles. The summed E-state index contributed by atoms with van der Waals surface area (Å²) in [5.74, 6) is 0.814. The first-order chi connectivity index (χ1) is 11.8. The first-order valence-electron chi connectivity index (χ1n) is 7.82. The van der Waals surface area contributed by atoms with Gasteiger partial charge in [-0.05, 0) is 49.2 Å². The van der Waals surface area contributed by atoms with Crippen molar-refractivity contribution < 1.29 is 9.84 Å². The van der Waals surface area contributed by atoms with Gasteiger partial charge in [-0.2, -0.15) is 0 Å². The van der Waals surface area contributed by atoms with E-state index in [0.29, 0.717) is 6.42 Å². The van der Waals surface area contributed by atoms with E-state index in [4.69, 9.17) is 9.84 Å². The van der Waals surface area contributed by atoms with Gasteiger partial charge in [-0.15, -0.1) is 5.10 Å². The molecular formula is C18H20N4O2. The lowest BCUT2D eigenvalue weighted by molar-refractivity contribution is 0.288. The molecule has 6 nitrogen and oxygen atoms in total. The summed E-state index contributed by atoms with van der Waals surface area (Å²) in [5.41, 5.74) is 3.76. The van der Waals surface area contributed by atoms with Crippen molar-refractivity contribution in [1.29, 1.82) is 0 Å². The number of hydrogen-bond acceptors (Lipinski definition) is 5. The Morgan fingerprint density at radius 3 is 2.71 bits per heavy atom. The lowest BCUT2D eigenvalue weighted by Gasteiger charge is -2.09. The number of nitrogens with one attached hydrogen (secondary N) is 1. The fourth-order valence-electron chi connectivity index (χ4n) is 2.36. The molecule has 0 unspecified atom stereocenters. The summed E-state index contributed by atoms with van der Waals surface area (Å²) in [6.07, 6.45) is 3.31. The van der Waals surface area contributed by atoms with Crippen molar-refractivity contribution in [2.24, 2.45) is 0 Å². The molecule has 0 spiro atoms. The Morgan fingerprint density at radius 2 is 1.96 bits per heavy atom. The van der Waals surface area contributed by atoms with E-state index in [1.54, 1.807) is 11.8 Å². The topological polar surface area (TPSA) is 72.2 Å². The average Bonchev–Trinajstić information content (AvgIpc) is 3.10. The summed E-state index contributed by atoms with van der Waals surface area (Å²) in [6.45, 7) is 0.164. The van der Waals surface area contributed by atoms with Gasteiger partial charge in [0.2, 0.25) is 0 Å². The predicted octanol–water partition coefficient (Wildman–Crippen LogP) is 2.94. The van der Waals surface area contributed by atoms with Gasteiger partial charge in [0.1, 0.15) is 5.75 Å². The number of aliphatic hydroxyl groups is 1. The molecule has 124 valence electrons. The molecule has 24 heavy (non-hydrogen) atoms. The van der Waals surface area contributed by atoms with Gasteiger partial charge in [0, 0.05) is 24.0 Å². The van der Waals surface area contributed by atoms with E-state index in [9.17, 15) is 0 Å². The SMILES string of the molecule is COc1cccc(Nc2ccc(-n3cc(CCCO)nn3)cc2)c1. The second kappa shape index (κ2) is 7.61. The van der Waals surface area contributed by atoms with Crippen LogP contribution in [0.3, 0.4) is 0 Å². The number of anilines is 2. The number of nitrogens with zero attached hydrogens (tertiary/aromatic N) is 3. The van der Waals surface area contributed by atoms with Gasteiger partial charge in [-0.25, -0.2) is 4.68 Å². The van der Waals surface area contributed by atoms with Gasteiger partial charge < -0.3 is 15.2 Å². The highest BCUT2D eigenvalue weighted by Crippen LogP contribution is 2.22. The zero-order chi connectivity index (χ0) is 16.8. The van der Waals surface area contributed by atoms with Crippen molar-refractivity contribution in [1.82, 2.24) is 15.0 Å². The summed E-state index contributed by atoms with van der Waals surface area (Å²) >= 11 is 0. The van der Waals surface area contributed by atoms with E-state index < -0.39 is 0 Å². The van der Waals surface area contributed by atoms with Crippen molar-refractivity contribution in [3.05, 3.63) is 60.4 Å². The van der Waals surface area contributed by atoms with E-state index in [-0.39, 0.29) is 6.61 Å². The summed E-state index contributed by atoms with van der Waals surface area (Å²) in [7, 11) is 1.65. The first kappa shape index (κ1) is 16.0. The quantitative estimate of drug-likeness (QED) is 0.699. The van der Waals surface area contributed by atoms with Crippen molar-refractivity contribution >= 4 is 11.4 Å². The maximum atomic E-state index is 8.87. The number of methoxy groups -OCH3 is 1. The zero-order valence-corrected chi connectivity index (χ0v) is 13.5. The highest BCUT2D eigenvalue weighted by molar-refractivity contribution is 5.62. The molecule has 6 heteroatoms. The molecule has 1 aromatic heterocycles. The van der Waals surface area contributed by atoms with E-state index in [0.717, 1.165) is 34.9 Å². The maximum absolute atomic E-state index is 8.87. The van der Waals surface area contributed by atoms with E-state index >= 15 is 0 Å². The summed E-state index contributed by atoms with van der Waals surface area (Å²) in [4.78, 5) is 0. The highest BCUT2D eigenvalue weighted by atomic mass is 16.5. The molecule has 0 saturated carbocycles. The normalized spacial score (nSPS) is 10.6. The summed E-state index contributed by atoms with van der Waals surface area (Å²) in [6, 6.07) is 15.7. The number of aliphatic hydroxyl groups excluding tert-OH is 1. The summed E-state index contributed by atoms with van der Waals surface area (Å²) in [5, 5.41) is 20.4. The van der Waals surface area contributed by atoms with Crippen LogP contribution in [-0.2, 0) is 6.42 Å². The second-order valence-corrected chi connectivity index (χ2v) is 5.39. The van der Waals surface area contributed by atoms with Crippen LogP contribution in [0, 0.1) is 0 Å². The Hall–Kier alpha value is -2.86. The van der Waals surface area contributed by atoms with Gasteiger partial charge in [0.15, 0.2) is 0 Å². The number of aromatic nitrogens is 3. The molecule has 1 heterocycles. The number of hydrogen-bond donors (Lipinski definition) is 2. The van der Waals surface area contributed by atoms with Gasteiger partial charge in [0.25, 0.3) is 0 Å². The molecule has 0 atom stereocenters. The number of benzene rings is 2. The van der Waals surface area contributed by atoms with Crippen LogP contribution < -0.4 is 10.1 Å². The number of ether oxygens (including phenoxy) is 1. The molecule has 0 aliphatic rings. The highest BCUT2D eigenvalue weighted by Gasteiger charge is 2.03. The molecule has 0 bridgehead atoms. The largest absolute Gasteiger partial charge is 0.497 e. The van der Waals surface area contributed by atoms with Crippen molar-refractivity contribution in [3.8, 4) is 11.4 Å². The molecule has 2 aromatic carbocycles. The third kappa shape index (κ3) is 3.91. The van der Waals surface area contributed by atoms with Crippen LogP contribution in [0.5, 0.6) is 5.75 Å². The molecule has 3 aromatic rings. The maximum Gasteiger partial charge on any atom is 0.120 e. The fraction of sp³-hybridized carbons (Fsp3) is 0.222. The fourth-order valence-corrected chi connectivity index (χ4v) is 2.36. The lowest BCUT2D eigenvalue weighted by Crippen LogP contribution is -1.96. The van der Waals surface area contributed by atoms with Crippen LogP contribution in [0.4, 0.5) is 11.4 Å². The number of rotatable bonds is 7. The van der Waals surface area contributed by atoms with Gasteiger partial charge in [-0.3, -0.25) is 0 Å². The Bertz CT molecular complexity index is 784. The minimum atomic E-state index is 0.164. The monoisotopic (exact) mass is 324 g/mol.